The van der Waals surface area contributed by atoms with E-state index in [0.717, 1.165) is 12.8 Å². The highest BCUT2D eigenvalue weighted by Crippen LogP contribution is 2.12. The Morgan fingerprint density at radius 3 is 2.17 bits per heavy atom. The Hall–Kier alpha value is -1.44. The maximum atomic E-state index is 12.2. The van der Waals surface area contributed by atoms with E-state index in [1.807, 2.05) is 27.7 Å². The van der Waals surface area contributed by atoms with Gasteiger partial charge in [0.25, 0.3) is 5.91 Å². The molecule has 24 heavy (non-hydrogen) atoms. The van der Waals surface area contributed by atoms with E-state index in [9.17, 15) is 13.2 Å². The normalized spacial score (nSPS) is 12.4. The maximum absolute atomic E-state index is 12.2. The van der Waals surface area contributed by atoms with Gasteiger partial charge in [-0.25, -0.2) is 13.1 Å². The summed E-state index contributed by atoms with van der Waals surface area (Å²) in [5.41, 5.74) is 6.15. The second kappa shape index (κ2) is 8.60. The Morgan fingerprint density at radius 2 is 1.71 bits per heavy atom. The van der Waals surface area contributed by atoms with E-state index in [1.165, 1.54) is 24.3 Å². The minimum Gasteiger partial charge on any atom is -0.350 e. The van der Waals surface area contributed by atoms with E-state index in [4.69, 9.17) is 5.73 Å². The lowest BCUT2D eigenvalue weighted by molar-refractivity contribution is 0.0942. The van der Waals surface area contributed by atoms with Gasteiger partial charge in [-0.1, -0.05) is 27.7 Å². The maximum Gasteiger partial charge on any atom is 0.251 e. The molecule has 6 nitrogen and oxygen atoms in total. The summed E-state index contributed by atoms with van der Waals surface area (Å²) in [6.45, 7) is 8.59. The third-order valence-corrected chi connectivity index (χ3v) is 5.56. The lowest BCUT2D eigenvalue weighted by Crippen LogP contribution is -2.49. The molecule has 0 aliphatic carbocycles. The number of hydrogen-bond acceptors (Lipinski definition) is 4. The lowest BCUT2D eigenvalue weighted by Gasteiger charge is -2.26. The number of sulfonamides is 1. The molecule has 0 aromatic heterocycles. The summed E-state index contributed by atoms with van der Waals surface area (Å²) in [5, 5.41) is 2.81. The van der Waals surface area contributed by atoms with Crippen molar-refractivity contribution in [2.75, 3.05) is 13.1 Å². The molecule has 1 rings (SSSR count). The van der Waals surface area contributed by atoms with Crippen LogP contribution < -0.4 is 15.8 Å². The van der Waals surface area contributed by atoms with Crippen LogP contribution >= 0.6 is 0 Å². The van der Waals surface area contributed by atoms with Crippen molar-refractivity contribution in [1.29, 1.82) is 0 Å². The Kier molecular flexibility index (Phi) is 7.38. The molecular weight excluding hydrogens is 326 g/mol. The zero-order chi connectivity index (χ0) is 18.4. The summed E-state index contributed by atoms with van der Waals surface area (Å²) in [7, 11) is -3.54. The first-order chi connectivity index (χ1) is 11.1. The van der Waals surface area contributed by atoms with Gasteiger partial charge in [0.1, 0.15) is 0 Å². The van der Waals surface area contributed by atoms with Gasteiger partial charge in [0.2, 0.25) is 10.0 Å². The predicted molar refractivity (Wildman–Crippen MR) is 96.3 cm³/mol. The lowest BCUT2D eigenvalue weighted by atomic mass is 9.94. The van der Waals surface area contributed by atoms with Crippen LogP contribution in [0.3, 0.4) is 0 Å². The number of nitrogens with two attached hydrogens (primary N) is 1. The summed E-state index contributed by atoms with van der Waals surface area (Å²) in [4.78, 5) is 12.3. The summed E-state index contributed by atoms with van der Waals surface area (Å²) in [5.74, 6) is -0.0377. The fourth-order valence-corrected chi connectivity index (χ4v) is 3.22. The van der Waals surface area contributed by atoms with Gasteiger partial charge in [0, 0.05) is 24.2 Å². The Morgan fingerprint density at radius 1 is 1.17 bits per heavy atom. The van der Waals surface area contributed by atoms with Crippen molar-refractivity contribution in [3.8, 4) is 0 Å². The molecule has 0 atom stereocenters. The van der Waals surface area contributed by atoms with E-state index in [-0.39, 0.29) is 16.7 Å². The van der Waals surface area contributed by atoms with Crippen LogP contribution in [-0.2, 0) is 10.0 Å². The first-order valence-corrected chi connectivity index (χ1v) is 9.78. The molecule has 0 aliphatic heterocycles. The van der Waals surface area contributed by atoms with E-state index in [2.05, 4.69) is 10.0 Å². The summed E-state index contributed by atoms with van der Waals surface area (Å²) < 4.78 is 26.8. The third kappa shape index (κ3) is 5.89. The highest BCUT2D eigenvalue weighted by molar-refractivity contribution is 7.89. The number of rotatable bonds is 9. The number of carbonyl (C=O) groups is 1. The van der Waals surface area contributed by atoms with E-state index in [1.54, 1.807) is 0 Å². The molecule has 0 heterocycles. The van der Waals surface area contributed by atoms with Crippen LogP contribution in [0.2, 0.25) is 0 Å². The van der Waals surface area contributed by atoms with Crippen molar-refractivity contribution in [1.82, 2.24) is 10.0 Å². The first kappa shape index (κ1) is 20.6. The largest absolute Gasteiger partial charge is 0.350 e. The summed E-state index contributed by atoms with van der Waals surface area (Å²) in [6, 6.07) is 5.89. The average Bonchev–Trinajstić information content (AvgIpc) is 2.57. The molecule has 0 fully saturated rings. The Labute approximate surface area is 145 Å². The highest BCUT2D eigenvalue weighted by atomic mass is 32.2. The predicted octanol–water partition coefficient (Wildman–Crippen LogP) is 1.87. The smallest absolute Gasteiger partial charge is 0.251 e. The molecule has 4 N–H and O–H groups in total. The molecule has 1 aromatic carbocycles. The SMILES string of the molecule is CCC(N)(CC)CNC(=O)c1ccc(S(=O)(=O)NCC(C)C)cc1. The van der Waals surface area contributed by atoms with Crippen LogP contribution in [0.4, 0.5) is 0 Å². The number of hydrogen-bond donors (Lipinski definition) is 3. The van der Waals surface area contributed by atoms with Crippen LogP contribution in [0.1, 0.15) is 50.9 Å². The molecular formula is C17H29N3O3S. The van der Waals surface area contributed by atoms with Gasteiger partial charge < -0.3 is 11.1 Å². The van der Waals surface area contributed by atoms with Gasteiger partial charge in [0.05, 0.1) is 4.90 Å². The van der Waals surface area contributed by atoms with Gasteiger partial charge in [-0.2, -0.15) is 0 Å². The molecule has 0 unspecified atom stereocenters. The van der Waals surface area contributed by atoms with Crippen molar-refractivity contribution < 1.29 is 13.2 Å². The van der Waals surface area contributed by atoms with Gasteiger partial charge in [-0.3, -0.25) is 4.79 Å². The number of benzene rings is 1. The van der Waals surface area contributed by atoms with Crippen LogP contribution in [0.5, 0.6) is 0 Å². The molecule has 1 amide bonds. The molecule has 1 aromatic rings. The van der Waals surface area contributed by atoms with Gasteiger partial charge in [-0.15, -0.1) is 0 Å². The quantitative estimate of drug-likeness (QED) is 0.629. The molecule has 0 aliphatic rings. The second-order valence-corrected chi connectivity index (χ2v) is 8.29. The van der Waals surface area contributed by atoms with Crippen molar-refractivity contribution in [2.24, 2.45) is 11.7 Å². The molecule has 7 heteroatoms. The highest BCUT2D eigenvalue weighted by Gasteiger charge is 2.21. The molecule has 0 saturated heterocycles. The van der Waals surface area contributed by atoms with E-state index < -0.39 is 15.6 Å². The topological polar surface area (TPSA) is 101 Å². The number of carbonyl (C=O) groups excluding carboxylic acids is 1. The summed E-state index contributed by atoms with van der Waals surface area (Å²) in [6.07, 6.45) is 1.53. The van der Waals surface area contributed by atoms with Gasteiger partial charge in [-0.05, 0) is 43.0 Å². The van der Waals surface area contributed by atoms with Crippen molar-refractivity contribution >= 4 is 15.9 Å². The monoisotopic (exact) mass is 355 g/mol. The Balaban J connectivity index is 2.75. The minimum absolute atomic E-state index is 0.148. The zero-order valence-electron chi connectivity index (χ0n) is 14.9. The van der Waals surface area contributed by atoms with E-state index >= 15 is 0 Å². The van der Waals surface area contributed by atoms with Crippen LogP contribution in [0, 0.1) is 5.92 Å². The van der Waals surface area contributed by atoms with Crippen LogP contribution in [0.25, 0.3) is 0 Å². The molecule has 0 saturated carbocycles. The van der Waals surface area contributed by atoms with Gasteiger partial charge >= 0.3 is 0 Å². The minimum atomic E-state index is -3.54. The fourth-order valence-electron chi connectivity index (χ4n) is 2.00. The first-order valence-electron chi connectivity index (χ1n) is 8.30. The second-order valence-electron chi connectivity index (χ2n) is 6.52. The third-order valence-electron chi connectivity index (χ3n) is 4.12. The van der Waals surface area contributed by atoms with Crippen molar-refractivity contribution in [2.45, 2.75) is 51.0 Å². The zero-order valence-corrected chi connectivity index (χ0v) is 15.7. The average molecular weight is 356 g/mol. The standard InChI is InChI=1S/C17H29N3O3S/c1-5-17(18,6-2)12-19-16(21)14-7-9-15(10-8-14)24(22,23)20-11-13(3)4/h7-10,13,20H,5-6,11-12,18H2,1-4H3,(H,19,21). The van der Waals surface area contributed by atoms with Crippen molar-refractivity contribution in [3.05, 3.63) is 29.8 Å². The number of amides is 1. The fraction of sp³-hybridized carbons (Fsp3) is 0.588. The number of nitrogens with one attached hydrogen (secondary N) is 2. The summed E-state index contributed by atoms with van der Waals surface area (Å²) >= 11 is 0. The van der Waals surface area contributed by atoms with Crippen molar-refractivity contribution in [3.63, 3.8) is 0 Å². The van der Waals surface area contributed by atoms with Gasteiger partial charge in [0.15, 0.2) is 0 Å². The van der Waals surface area contributed by atoms with E-state index in [0.29, 0.717) is 18.7 Å². The molecule has 0 bridgehead atoms. The molecule has 136 valence electrons. The van der Waals surface area contributed by atoms with Crippen LogP contribution in [0.15, 0.2) is 29.2 Å². The Bertz CT molecular complexity index is 636. The molecule has 0 spiro atoms. The van der Waals surface area contributed by atoms with Crippen LogP contribution in [-0.4, -0.2) is 33.0 Å². The molecule has 0 radical (unpaired) electrons.